The van der Waals surface area contributed by atoms with Gasteiger partial charge in [-0.2, -0.15) is 0 Å². The average Bonchev–Trinajstić information content (AvgIpc) is 2.81. The van der Waals surface area contributed by atoms with E-state index in [1.54, 1.807) is 6.92 Å². The molecule has 2 amide bonds. The molecule has 7 nitrogen and oxygen atoms in total. The van der Waals surface area contributed by atoms with Crippen molar-refractivity contribution < 1.29 is 24.8 Å². The molecule has 0 spiro atoms. The number of carbonyl (C=O) groups is 2. The molecule has 1 aliphatic rings. The number of fused-ring (bicyclic) bond motifs is 1. The second-order valence-corrected chi connectivity index (χ2v) is 6.99. The summed E-state index contributed by atoms with van der Waals surface area (Å²) in [7, 11) is 0. The van der Waals surface area contributed by atoms with Crippen LogP contribution in [0.25, 0.3) is 0 Å². The molecular weight excluding hydrogens is 318 g/mol. The molecule has 8 heteroatoms. The number of ether oxygens (including phenoxy) is 2. The number of urea groups is 1. The monoisotopic (exact) mass is 342 g/mol. The highest BCUT2D eigenvalue weighted by atomic mass is 32.1. The van der Waals surface area contributed by atoms with Crippen molar-refractivity contribution >= 4 is 28.3 Å². The second-order valence-electron chi connectivity index (χ2n) is 5.89. The maximum Gasteiger partial charge on any atom is 0.341 e. The van der Waals surface area contributed by atoms with E-state index in [0.29, 0.717) is 36.7 Å². The Bertz CT molecular complexity index is 598. The fourth-order valence-electron chi connectivity index (χ4n) is 2.41. The van der Waals surface area contributed by atoms with E-state index < -0.39 is 5.97 Å². The van der Waals surface area contributed by atoms with Crippen LogP contribution in [0.3, 0.4) is 0 Å². The maximum absolute atomic E-state index is 12.4. The molecule has 2 rings (SSSR count). The van der Waals surface area contributed by atoms with E-state index in [9.17, 15) is 9.59 Å². The summed E-state index contributed by atoms with van der Waals surface area (Å²) in [5.41, 5.74) is 4.69. The van der Waals surface area contributed by atoms with Crippen molar-refractivity contribution in [1.82, 2.24) is 5.32 Å². The largest absolute Gasteiger partial charge is 0.462 e. The number of hydrogen-bond acceptors (Lipinski definition) is 5. The van der Waals surface area contributed by atoms with Gasteiger partial charge in [0.2, 0.25) is 0 Å². The maximum atomic E-state index is 12.4. The first-order valence-electron chi connectivity index (χ1n) is 7.67. The number of rotatable bonds is 5. The molecule has 5 N–H and O–H groups in total. The van der Waals surface area contributed by atoms with E-state index in [2.05, 4.69) is 16.4 Å². The Labute approximate surface area is 139 Å². The predicted molar refractivity (Wildman–Crippen MR) is 87.6 cm³/mol. The Hall–Kier alpha value is -1.64. The van der Waals surface area contributed by atoms with Crippen molar-refractivity contribution in [2.75, 3.05) is 25.0 Å². The number of carbonyl (C=O) groups excluding carboxylic acids is 2. The summed E-state index contributed by atoms with van der Waals surface area (Å²) in [6, 6.07) is -0.349. The fourth-order valence-corrected chi connectivity index (χ4v) is 3.52. The fraction of sp³-hybridized carbons (Fsp3) is 0.600. The molecule has 0 unspecified atom stereocenters. The van der Waals surface area contributed by atoms with E-state index >= 15 is 0 Å². The smallest absolute Gasteiger partial charge is 0.341 e. The summed E-state index contributed by atoms with van der Waals surface area (Å²) in [4.78, 5) is 25.2. The van der Waals surface area contributed by atoms with Gasteiger partial charge in [-0.25, -0.2) is 9.59 Å². The Morgan fingerprint density at radius 2 is 2.17 bits per heavy atom. The lowest BCUT2D eigenvalue weighted by atomic mass is 9.93. The Morgan fingerprint density at radius 1 is 1.43 bits per heavy atom. The minimum absolute atomic E-state index is 0.288. The van der Waals surface area contributed by atoms with Crippen molar-refractivity contribution in [1.29, 1.82) is 0 Å². The van der Waals surface area contributed by atoms with Crippen LogP contribution in [0.2, 0.25) is 0 Å². The van der Waals surface area contributed by atoms with Gasteiger partial charge in [0.1, 0.15) is 5.00 Å². The van der Waals surface area contributed by atoms with Crippen molar-refractivity contribution in [3.05, 3.63) is 16.0 Å². The molecule has 0 saturated heterocycles. The molecule has 1 aliphatic heterocycles. The van der Waals surface area contributed by atoms with E-state index in [1.807, 2.05) is 13.8 Å². The van der Waals surface area contributed by atoms with E-state index in [0.717, 1.165) is 10.4 Å². The molecule has 0 radical (unpaired) electrons. The van der Waals surface area contributed by atoms with Crippen LogP contribution in [0.1, 0.15) is 41.6 Å². The van der Waals surface area contributed by atoms with Crippen LogP contribution in [0.5, 0.6) is 0 Å². The summed E-state index contributed by atoms with van der Waals surface area (Å²) in [5, 5.41) is 5.95. The lowest BCUT2D eigenvalue weighted by Gasteiger charge is -2.30. The van der Waals surface area contributed by atoms with Crippen LogP contribution in [-0.4, -0.2) is 37.3 Å². The number of hydrogen-bond donors (Lipinski definition) is 3. The van der Waals surface area contributed by atoms with Crippen LogP contribution in [0, 0.1) is 0 Å². The lowest BCUT2D eigenvalue weighted by Crippen LogP contribution is -2.55. The standard InChI is InChI=1S/C15H23N3O4S/c1-4-21-13(19)11-9-7-15(2,3)22-8-10(9)23-12(11)18-14(20)17-6-5-16/h4-8,16H2,1-3H3,(H2,17,18,20)/p+1. The number of nitrogens with one attached hydrogen (secondary N) is 2. The normalized spacial score (nSPS) is 15.7. The molecule has 0 aliphatic carbocycles. The zero-order chi connectivity index (χ0) is 17.0. The minimum atomic E-state index is -0.407. The summed E-state index contributed by atoms with van der Waals surface area (Å²) in [6.45, 7) is 7.52. The van der Waals surface area contributed by atoms with Crippen LogP contribution in [-0.2, 0) is 22.5 Å². The van der Waals surface area contributed by atoms with Crippen LogP contribution in [0.4, 0.5) is 9.80 Å². The van der Waals surface area contributed by atoms with Crippen LogP contribution >= 0.6 is 11.3 Å². The minimum Gasteiger partial charge on any atom is -0.462 e. The van der Waals surface area contributed by atoms with Crippen molar-refractivity contribution in [2.24, 2.45) is 0 Å². The molecule has 23 heavy (non-hydrogen) atoms. The Balaban J connectivity index is 2.32. The van der Waals surface area contributed by atoms with Gasteiger partial charge in [-0.3, -0.25) is 5.32 Å². The first-order chi connectivity index (χ1) is 10.9. The summed E-state index contributed by atoms with van der Waals surface area (Å²) in [5.74, 6) is -0.407. The van der Waals surface area contributed by atoms with E-state index in [-0.39, 0.29) is 18.2 Å². The number of esters is 1. The molecule has 0 saturated carbocycles. The summed E-state index contributed by atoms with van der Waals surface area (Å²) in [6.07, 6.45) is 0.606. The van der Waals surface area contributed by atoms with Gasteiger partial charge in [-0.05, 0) is 26.3 Å². The SMILES string of the molecule is CCOC(=O)c1c(NC(=O)NCC[NH3+])sc2c1CC(C)(C)OC2. The third-order valence-electron chi connectivity index (χ3n) is 3.46. The number of anilines is 1. The molecule has 0 bridgehead atoms. The van der Waals surface area contributed by atoms with Crippen molar-refractivity contribution in [3.8, 4) is 0 Å². The molecular formula is C15H24N3O4S+. The Morgan fingerprint density at radius 3 is 2.83 bits per heavy atom. The first kappa shape index (κ1) is 17.7. The zero-order valence-corrected chi connectivity index (χ0v) is 14.6. The lowest BCUT2D eigenvalue weighted by molar-refractivity contribution is -0.364. The highest BCUT2D eigenvalue weighted by molar-refractivity contribution is 7.17. The van der Waals surface area contributed by atoms with Gasteiger partial charge in [0.25, 0.3) is 0 Å². The summed E-state index contributed by atoms with van der Waals surface area (Å²) >= 11 is 1.37. The topological polar surface area (TPSA) is 104 Å². The Kier molecular flexibility index (Phi) is 5.61. The van der Waals surface area contributed by atoms with Gasteiger partial charge in [-0.15, -0.1) is 11.3 Å². The van der Waals surface area contributed by atoms with Gasteiger partial charge >= 0.3 is 12.0 Å². The van der Waals surface area contributed by atoms with E-state index in [4.69, 9.17) is 9.47 Å². The molecule has 128 valence electrons. The first-order valence-corrected chi connectivity index (χ1v) is 8.49. The molecule has 1 aromatic rings. The molecule has 0 atom stereocenters. The van der Waals surface area contributed by atoms with E-state index in [1.165, 1.54) is 11.3 Å². The molecule has 0 fully saturated rings. The summed E-state index contributed by atoms with van der Waals surface area (Å²) < 4.78 is 11.0. The van der Waals surface area contributed by atoms with Gasteiger partial charge in [0.05, 0.1) is 37.5 Å². The molecule has 0 aromatic carbocycles. The highest BCUT2D eigenvalue weighted by Crippen LogP contribution is 2.40. The third kappa shape index (κ3) is 4.21. The molecule has 2 heterocycles. The predicted octanol–water partition coefficient (Wildman–Crippen LogP) is 1.14. The number of amides is 2. The molecule has 1 aromatic heterocycles. The average molecular weight is 342 g/mol. The van der Waals surface area contributed by atoms with Gasteiger partial charge < -0.3 is 20.5 Å². The van der Waals surface area contributed by atoms with Crippen molar-refractivity contribution in [3.63, 3.8) is 0 Å². The number of thiophene rings is 1. The quantitative estimate of drug-likeness (QED) is 0.698. The van der Waals surface area contributed by atoms with Crippen LogP contribution in [0.15, 0.2) is 0 Å². The second kappa shape index (κ2) is 7.29. The van der Waals surface area contributed by atoms with Gasteiger partial charge in [0, 0.05) is 11.3 Å². The van der Waals surface area contributed by atoms with Crippen LogP contribution < -0.4 is 16.4 Å². The van der Waals surface area contributed by atoms with Gasteiger partial charge in [0.15, 0.2) is 0 Å². The van der Waals surface area contributed by atoms with Gasteiger partial charge in [-0.1, -0.05) is 0 Å². The van der Waals surface area contributed by atoms with Crippen molar-refractivity contribution in [2.45, 2.75) is 39.4 Å². The highest BCUT2D eigenvalue weighted by Gasteiger charge is 2.34. The zero-order valence-electron chi connectivity index (χ0n) is 13.8. The third-order valence-corrected chi connectivity index (χ3v) is 4.58. The number of quaternary nitrogens is 1.